The fourth-order valence-electron chi connectivity index (χ4n) is 1.09. The highest BCUT2D eigenvalue weighted by Crippen LogP contribution is 2.25. The fraction of sp³-hybridized carbons (Fsp3) is 0.333. The number of aromatic nitrogens is 1. The highest BCUT2D eigenvalue weighted by atomic mass is 19.3. The van der Waals surface area contributed by atoms with Crippen molar-refractivity contribution in [2.24, 2.45) is 0 Å². The summed E-state index contributed by atoms with van der Waals surface area (Å²) in [5.74, 6) is 0.210. The number of rotatable bonds is 3. The first-order chi connectivity index (χ1) is 6.60. The Bertz CT molecular complexity index is 353. The summed E-state index contributed by atoms with van der Waals surface area (Å²) in [6.07, 6.45) is -2.29. The van der Waals surface area contributed by atoms with E-state index in [0.29, 0.717) is 11.8 Å². The van der Waals surface area contributed by atoms with Gasteiger partial charge in [-0.1, -0.05) is 0 Å². The molecule has 3 nitrogen and oxygen atoms in total. The summed E-state index contributed by atoms with van der Waals surface area (Å²) < 4.78 is 29.5. The smallest absolute Gasteiger partial charge is 0.280 e. The van der Waals surface area contributed by atoms with Gasteiger partial charge < -0.3 is 4.74 Å². The molecule has 0 aliphatic rings. The summed E-state index contributed by atoms with van der Waals surface area (Å²) in [6.45, 7) is 1.49. The van der Waals surface area contributed by atoms with Crippen molar-refractivity contribution in [2.45, 2.75) is 13.3 Å². The highest BCUT2D eigenvalue weighted by Gasteiger charge is 2.16. The average molecular weight is 201 g/mol. The second-order valence-corrected chi connectivity index (χ2v) is 2.70. The van der Waals surface area contributed by atoms with Crippen molar-refractivity contribution in [1.82, 2.24) is 4.98 Å². The van der Waals surface area contributed by atoms with Crippen LogP contribution in [0, 0.1) is 6.92 Å². The van der Waals surface area contributed by atoms with Crippen molar-refractivity contribution in [3.63, 3.8) is 0 Å². The molecule has 0 bridgehead atoms. The Labute approximate surface area is 79.7 Å². The van der Waals surface area contributed by atoms with E-state index in [9.17, 15) is 13.6 Å². The molecule has 0 aliphatic carbocycles. The van der Waals surface area contributed by atoms with E-state index < -0.39 is 6.43 Å². The highest BCUT2D eigenvalue weighted by molar-refractivity contribution is 5.76. The lowest BCUT2D eigenvalue weighted by atomic mass is 10.2. The van der Waals surface area contributed by atoms with Crippen molar-refractivity contribution in [1.29, 1.82) is 0 Å². The minimum atomic E-state index is -2.68. The molecule has 0 radical (unpaired) electrons. The van der Waals surface area contributed by atoms with Crippen LogP contribution in [0.3, 0.4) is 0 Å². The normalized spacial score (nSPS) is 10.4. The Morgan fingerprint density at radius 1 is 1.57 bits per heavy atom. The first-order valence-electron chi connectivity index (χ1n) is 3.89. The third-order valence-electron chi connectivity index (χ3n) is 1.78. The lowest BCUT2D eigenvalue weighted by Gasteiger charge is -2.08. The number of carbonyl (C=O) groups is 1. The van der Waals surface area contributed by atoms with Crippen LogP contribution in [0.1, 0.15) is 28.2 Å². The van der Waals surface area contributed by atoms with E-state index in [1.807, 2.05) is 0 Å². The number of pyridine rings is 1. The monoisotopic (exact) mass is 201 g/mol. The minimum Gasteiger partial charge on any atom is -0.494 e. The second kappa shape index (κ2) is 4.13. The van der Waals surface area contributed by atoms with Gasteiger partial charge >= 0.3 is 0 Å². The molecule has 0 saturated heterocycles. The van der Waals surface area contributed by atoms with E-state index in [1.54, 1.807) is 0 Å². The van der Waals surface area contributed by atoms with Crippen LogP contribution >= 0.6 is 0 Å². The molecular formula is C9H9F2NO2. The lowest BCUT2D eigenvalue weighted by Crippen LogP contribution is -2.01. The van der Waals surface area contributed by atoms with E-state index in [-0.39, 0.29) is 17.1 Å². The summed E-state index contributed by atoms with van der Waals surface area (Å²) in [6, 6.07) is 1.37. The van der Waals surface area contributed by atoms with Crippen LogP contribution in [0.5, 0.6) is 5.75 Å². The molecule has 0 atom stereocenters. The van der Waals surface area contributed by atoms with Gasteiger partial charge in [-0.25, -0.2) is 13.8 Å². The Hall–Kier alpha value is -1.52. The zero-order valence-corrected chi connectivity index (χ0v) is 7.75. The van der Waals surface area contributed by atoms with E-state index >= 15 is 0 Å². The van der Waals surface area contributed by atoms with Gasteiger partial charge in [0.05, 0.1) is 7.11 Å². The van der Waals surface area contributed by atoms with Gasteiger partial charge in [0.25, 0.3) is 6.43 Å². The van der Waals surface area contributed by atoms with Crippen molar-refractivity contribution >= 4 is 6.29 Å². The molecule has 0 saturated carbocycles. The Kier molecular flexibility index (Phi) is 3.11. The molecule has 0 spiro atoms. The third kappa shape index (κ3) is 1.86. The quantitative estimate of drug-likeness (QED) is 0.703. The number of carbonyl (C=O) groups excluding carboxylic acids is 1. The number of alkyl halides is 2. The zero-order valence-electron chi connectivity index (χ0n) is 7.75. The molecule has 0 aliphatic heterocycles. The Morgan fingerprint density at radius 2 is 2.21 bits per heavy atom. The predicted octanol–water partition coefficient (Wildman–Crippen LogP) is 2.15. The Morgan fingerprint density at radius 3 is 2.64 bits per heavy atom. The summed E-state index contributed by atoms with van der Waals surface area (Å²) in [5.41, 5.74) is -0.177. The van der Waals surface area contributed by atoms with Gasteiger partial charge in [0, 0.05) is 0 Å². The Balaban J connectivity index is 3.30. The summed E-state index contributed by atoms with van der Waals surface area (Å²) in [4.78, 5) is 14.0. The van der Waals surface area contributed by atoms with Gasteiger partial charge in [-0.3, -0.25) is 4.79 Å². The molecule has 1 aromatic heterocycles. The summed E-state index contributed by atoms with van der Waals surface area (Å²) in [7, 11) is 1.35. The molecule has 1 aromatic rings. The van der Waals surface area contributed by atoms with Crippen LogP contribution in [0.4, 0.5) is 8.78 Å². The zero-order chi connectivity index (χ0) is 10.7. The second-order valence-electron chi connectivity index (χ2n) is 2.70. The lowest BCUT2D eigenvalue weighted by molar-refractivity contribution is 0.111. The fourth-order valence-corrected chi connectivity index (χ4v) is 1.09. The maximum Gasteiger partial charge on any atom is 0.280 e. The van der Waals surface area contributed by atoms with Gasteiger partial charge in [-0.05, 0) is 18.6 Å². The van der Waals surface area contributed by atoms with Crippen LogP contribution in [-0.4, -0.2) is 18.4 Å². The van der Waals surface area contributed by atoms with Gasteiger partial charge in [-0.15, -0.1) is 0 Å². The standard InChI is InChI=1S/C9H9F2NO2/c1-5-3-7(14-2)6(4-13)12-8(5)9(10)11/h3-4,9H,1-2H3. The number of hydrogen-bond donors (Lipinski definition) is 0. The van der Waals surface area contributed by atoms with Crippen molar-refractivity contribution in [3.05, 3.63) is 23.0 Å². The van der Waals surface area contributed by atoms with Crippen LogP contribution < -0.4 is 4.74 Å². The maximum atomic E-state index is 12.4. The van der Waals surface area contributed by atoms with Crippen LogP contribution in [-0.2, 0) is 0 Å². The van der Waals surface area contributed by atoms with Gasteiger partial charge in [0.2, 0.25) is 0 Å². The van der Waals surface area contributed by atoms with Crippen molar-refractivity contribution < 1.29 is 18.3 Å². The van der Waals surface area contributed by atoms with E-state index in [2.05, 4.69) is 4.98 Å². The SMILES string of the molecule is COc1cc(C)c(C(F)F)nc1C=O. The molecule has 1 rings (SSSR count). The predicted molar refractivity (Wildman–Crippen MR) is 45.9 cm³/mol. The van der Waals surface area contributed by atoms with Crippen LogP contribution in [0.2, 0.25) is 0 Å². The maximum absolute atomic E-state index is 12.4. The number of hydrogen-bond acceptors (Lipinski definition) is 3. The number of aryl methyl sites for hydroxylation is 1. The van der Waals surface area contributed by atoms with Gasteiger partial charge in [0.15, 0.2) is 6.29 Å². The molecule has 0 aromatic carbocycles. The number of ether oxygens (including phenoxy) is 1. The molecule has 0 N–H and O–H groups in total. The van der Waals surface area contributed by atoms with E-state index in [0.717, 1.165) is 0 Å². The molecule has 0 amide bonds. The van der Waals surface area contributed by atoms with Gasteiger partial charge in [-0.2, -0.15) is 0 Å². The largest absolute Gasteiger partial charge is 0.494 e. The first kappa shape index (κ1) is 10.6. The number of halogens is 2. The third-order valence-corrected chi connectivity index (χ3v) is 1.78. The summed E-state index contributed by atoms with van der Waals surface area (Å²) >= 11 is 0. The van der Waals surface area contributed by atoms with Gasteiger partial charge in [0.1, 0.15) is 17.1 Å². The van der Waals surface area contributed by atoms with Crippen molar-refractivity contribution in [3.8, 4) is 5.75 Å². The molecule has 1 heterocycles. The molecule has 0 unspecified atom stereocenters. The van der Waals surface area contributed by atoms with Crippen molar-refractivity contribution in [2.75, 3.05) is 7.11 Å². The van der Waals surface area contributed by atoms with E-state index in [1.165, 1.54) is 20.1 Å². The molecule has 5 heteroatoms. The molecule has 76 valence electrons. The van der Waals surface area contributed by atoms with Crippen LogP contribution in [0.15, 0.2) is 6.07 Å². The molecule has 0 fully saturated rings. The first-order valence-corrected chi connectivity index (χ1v) is 3.89. The van der Waals surface area contributed by atoms with E-state index in [4.69, 9.17) is 4.74 Å². The molecule has 14 heavy (non-hydrogen) atoms. The molecular weight excluding hydrogens is 192 g/mol. The number of nitrogens with zero attached hydrogens (tertiary/aromatic N) is 1. The average Bonchev–Trinajstić information content (AvgIpc) is 2.16. The number of methoxy groups -OCH3 is 1. The number of aldehydes is 1. The summed E-state index contributed by atoms with van der Waals surface area (Å²) in [5, 5.41) is 0. The van der Waals surface area contributed by atoms with Crippen LogP contribution in [0.25, 0.3) is 0 Å². The topological polar surface area (TPSA) is 39.2 Å². The minimum absolute atomic E-state index is 0.103.